The van der Waals surface area contributed by atoms with Gasteiger partial charge in [0.25, 0.3) is 0 Å². The summed E-state index contributed by atoms with van der Waals surface area (Å²) in [6.45, 7) is 7.78. The van der Waals surface area contributed by atoms with Crippen molar-refractivity contribution in [2.45, 2.75) is 51.7 Å². The SMILES string of the molecule is CC(C)CC(CN(C)C)NCCC1CCCO1. The predicted octanol–water partition coefficient (Wildman–Crippen LogP) is 2.12. The number of rotatable bonds is 8. The molecule has 3 nitrogen and oxygen atoms in total. The van der Waals surface area contributed by atoms with E-state index in [4.69, 9.17) is 4.74 Å². The van der Waals surface area contributed by atoms with Gasteiger partial charge >= 0.3 is 0 Å². The Kier molecular flexibility index (Phi) is 7.09. The van der Waals surface area contributed by atoms with Gasteiger partial charge in [-0.3, -0.25) is 0 Å². The zero-order valence-electron chi connectivity index (χ0n) is 12.0. The van der Waals surface area contributed by atoms with Gasteiger partial charge in [0.2, 0.25) is 0 Å². The van der Waals surface area contributed by atoms with Gasteiger partial charge in [-0.2, -0.15) is 0 Å². The molecule has 1 aliphatic heterocycles. The molecule has 1 aliphatic rings. The molecule has 0 spiro atoms. The Morgan fingerprint density at radius 2 is 2.12 bits per heavy atom. The molecule has 17 heavy (non-hydrogen) atoms. The fraction of sp³-hybridized carbons (Fsp3) is 1.00. The van der Waals surface area contributed by atoms with Crippen LogP contribution in [0.4, 0.5) is 0 Å². The summed E-state index contributed by atoms with van der Waals surface area (Å²) in [6.07, 6.45) is 5.44. The minimum absolute atomic E-state index is 0.515. The lowest BCUT2D eigenvalue weighted by molar-refractivity contribution is 0.103. The van der Waals surface area contributed by atoms with E-state index in [0.717, 1.165) is 25.6 Å². The van der Waals surface area contributed by atoms with Crippen molar-refractivity contribution in [3.05, 3.63) is 0 Å². The quantitative estimate of drug-likeness (QED) is 0.705. The summed E-state index contributed by atoms with van der Waals surface area (Å²) < 4.78 is 5.65. The first kappa shape index (κ1) is 14.9. The zero-order valence-corrected chi connectivity index (χ0v) is 12.0. The van der Waals surface area contributed by atoms with Crippen molar-refractivity contribution in [3.63, 3.8) is 0 Å². The van der Waals surface area contributed by atoms with Gasteiger partial charge in [-0.25, -0.2) is 0 Å². The highest BCUT2D eigenvalue weighted by Gasteiger charge is 2.16. The summed E-state index contributed by atoms with van der Waals surface area (Å²) in [4.78, 5) is 2.27. The molecule has 0 aromatic heterocycles. The predicted molar refractivity (Wildman–Crippen MR) is 73.4 cm³/mol. The Labute approximate surface area is 107 Å². The summed E-state index contributed by atoms with van der Waals surface area (Å²) in [5.74, 6) is 0.759. The molecule has 0 bridgehead atoms. The number of hydrogen-bond acceptors (Lipinski definition) is 3. The topological polar surface area (TPSA) is 24.5 Å². The van der Waals surface area contributed by atoms with E-state index in [1.54, 1.807) is 0 Å². The molecular formula is C14H30N2O. The average Bonchev–Trinajstić information content (AvgIpc) is 2.68. The van der Waals surface area contributed by atoms with Crippen LogP contribution in [-0.2, 0) is 4.74 Å². The van der Waals surface area contributed by atoms with Crippen molar-refractivity contribution in [2.75, 3.05) is 33.8 Å². The molecule has 3 heteroatoms. The monoisotopic (exact) mass is 242 g/mol. The van der Waals surface area contributed by atoms with Crippen molar-refractivity contribution in [3.8, 4) is 0 Å². The molecule has 0 amide bonds. The van der Waals surface area contributed by atoms with Crippen molar-refractivity contribution < 1.29 is 4.74 Å². The lowest BCUT2D eigenvalue weighted by atomic mass is 10.0. The van der Waals surface area contributed by atoms with Gasteiger partial charge < -0.3 is 15.0 Å². The second-order valence-corrected chi connectivity index (χ2v) is 5.97. The van der Waals surface area contributed by atoms with Crippen LogP contribution in [0.15, 0.2) is 0 Å². The van der Waals surface area contributed by atoms with Crippen LogP contribution < -0.4 is 5.32 Å². The molecule has 2 unspecified atom stereocenters. The van der Waals surface area contributed by atoms with Gasteiger partial charge in [0.05, 0.1) is 6.10 Å². The number of nitrogens with one attached hydrogen (secondary N) is 1. The van der Waals surface area contributed by atoms with Gasteiger partial charge in [0.1, 0.15) is 0 Å². The molecule has 0 aliphatic carbocycles. The third-order valence-electron chi connectivity index (χ3n) is 3.26. The summed E-state index contributed by atoms with van der Waals surface area (Å²) in [5.41, 5.74) is 0. The van der Waals surface area contributed by atoms with E-state index in [-0.39, 0.29) is 0 Å². The maximum atomic E-state index is 5.65. The number of likely N-dealkylation sites (N-methyl/N-ethyl adjacent to an activating group) is 1. The minimum Gasteiger partial charge on any atom is -0.378 e. The summed E-state index contributed by atoms with van der Waals surface area (Å²) in [7, 11) is 4.30. The summed E-state index contributed by atoms with van der Waals surface area (Å²) in [6, 6.07) is 0.617. The molecule has 1 rings (SSSR count). The molecule has 102 valence electrons. The van der Waals surface area contributed by atoms with E-state index in [1.807, 2.05) is 0 Å². The average molecular weight is 242 g/mol. The standard InChI is InChI=1S/C14H30N2O/c1-12(2)10-13(11-16(3)4)15-8-7-14-6-5-9-17-14/h12-15H,5-11H2,1-4H3. The molecule has 1 heterocycles. The van der Waals surface area contributed by atoms with Crippen LogP contribution in [0.3, 0.4) is 0 Å². The van der Waals surface area contributed by atoms with Gasteiger partial charge in [0.15, 0.2) is 0 Å². The first-order valence-corrected chi connectivity index (χ1v) is 7.07. The van der Waals surface area contributed by atoms with Gasteiger partial charge in [-0.15, -0.1) is 0 Å². The van der Waals surface area contributed by atoms with Crippen LogP contribution in [0.25, 0.3) is 0 Å². The summed E-state index contributed by atoms with van der Waals surface area (Å²) >= 11 is 0. The fourth-order valence-electron chi connectivity index (χ4n) is 2.55. The normalized spacial score (nSPS) is 22.6. The molecule has 1 fully saturated rings. The van der Waals surface area contributed by atoms with E-state index >= 15 is 0 Å². The molecular weight excluding hydrogens is 212 g/mol. The van der Waals surface area contributed by atoms with Crippen LogP contribution >= 0.6 is 0 Å². The minimum atomic E-state index is 0.515. The molecule has 2 atom stereocenters. The highest BCUT2D eigenvalue weighted by Crippen LogP contribution is 2.14. The summed E-state index contributed by atoms with van der Waals surface area (Å²) in [5, 5.41) is 3.69. The van der Waals surface area contributed by atoms with E-state index < -0.39 is 0 Å². The third-order valence-corrected chi connectivity index (χ3v) is 3.26. The molecule has 0 aromatic carbocycles. The van der Waals surface area contributed by atoms with Crippen LogP contribution in [0.2, 0.25) is 0 Å². The van der Waals surface area contributed by atoms with Crippen molar-refractivity contribution in [1.29, 1.82) is 0 Å². The Morgan fingerprint density at radius 1 is 1.35 bits per heavy atom. The van der Waals surface area contributed by atoms with Crippen molar-refractivity contribution >= 4 is 0 Å². The van der Waals surface area contributed by atoms with Crippen LogP contribution in [0, 0.1) is 5.92 Å². The second kappa shape index (κ2) is 8.06. The number of nitrogens with zero attached hydrogens (tertiary/aromatic N) is 1. The Bertz CT molecular complexity index is 179. The number of ether oxygens (including phenoxy) is 1. The zero-order chi connectivity index (χ0) is 12.7. The molecule has 0 radical (unpaired) electrons. The Balaban J connectivity index is 2.17. The van der Waals surface area contributed by atoms with Gasteiger partial charge in [-0.05, 0) is 52.2 Å². The molecule has 1 N–H and O–H groups in total. The first-order valence-electron chi connectivity index (χ1n) is 7.07. The first-order chi connectivity index (χ1) is 8.08. The van der Waals surface area contributed by atoms with E-state index in [1.165, 1.54) is 25.7 Å². The van der Waals surface area contributed by atoms with Gasteiger partial charge in [-0.1, -0.05) is 13.8 Å². The maximum Gasteiger partial charge on any atom is 0.0588 e. The maximum absolute atomic E-state index is 5.65. The Hall–Kier alpha value is -0.120. The molecule has 0 aromatic rings. The van der Waals surface area contributed by atoms with E-state index in [0.29, 0.717) is 12.1 Å². The van der Waals surface area contributed by atoms with Crippen molar-refractivity contribution in [1.82, 2.24) is 10.2 Å². The second-order valence-electron chi connectivity index (χ2n) is 5.97. The van der Waals surface area contributed by atoms with Crippen LogP contribution in [-0.4, -0.2) is 50.8 Å². The fourth-order valence-corrected chi connectivity index (χ4v) is 2.55. The van der Waals surface area contributed by atoms with E-state index in [9.17, 15) is 0 Å². The molecule has 1 saturated heterocycles. The highest BCUT2D eigenvalue weighted by atomic mass is 16.5. The largest absolute Gasteiger partial charge is 0.378 e. The molecule has 0 saturated carbocycles. The smallest absolute Gasteiger partial charge is 0.0588 e. The van der Waals surface area contributed by atoms with Crippen molar-refractivity contribution in [2.24, 2.45) is 5.92 Å². The lowest BCUT2D eigenvalue weighted by Crippen LogP contribution is -2.40. The number of hydrogen-bond donors (Lipinski definition) is 1. The highest BCUT2D eigenvalue weighted by molar-refractivity contribution is 4.73. The Morgan fingerprint density at radius 3 is 2.65 bits per heavy atom. The lowest BCUT2D eigenvalue weighted by Gasteiger charge is -2.24. The third kappa shape index (κ3) is 7.02. The van der Waals surface area contributed by atoms with Crippen LogP contribution in [0.5, 0.6) is 0 Å². The van der Waals surface area contributed by atoms with Gasteiger partial charge in [0, 0.05) is 19.2 Å². The van der Waals surface area contributed by atoms with E-state index in [2.05, 4.69) is 38.2 Å². The van der Waals surface area contributed by atoms with Crippen LogP contribution in [0.1, 0.15) is 39.5 Å².